The first kappa shape index (κ1) is 17.0. The van der Waals surface area contributed by atoms with Crippen molar-refractivity contribution in [3.8, 4) is 11.5 Å². The summed E-state index contributed by atoms with van der Waals surface area (Å²) in [5.41, 5.74) is 4.22. The van der Waals surface area contributed by atoms with Gasteiger partial charge in [-0.15, -0.1) is 0 Å². The van der Waals surface area contributed by atoms with Gasteiger partial charge in [0.05, 0.1) is 5.69 Å². The zero-order valence-electron chi connectivity index (χ0n) is 14.2. The highest BCUT2D eigenvalue weighted by molar-refractivity contribution is 7.80. The third-order valence-electron chi connectivity index (χ3n) is 3.96. The summed E-state index contributed by atoms with van der Waals surface area (Å²) < 4.78 is 5.95. The van der Waals surface area contributed by atoms with Gasteiger partial charge in [-0.05, 0) is 67.5 Å². The molecule has 0 aliphatic rings. The maximum atomic E-state index is 5.95. The molecule has 0 amide bonds. The van der Waals surface area contributed by atoms with Crippen molar-refractivity contribution in [2.45, 2.75) is 13.8 Å². The monoisotopic (exact) mass is 348 g/mol. The number of para-hydroxylation sites is 3. The van der Waals surface area contributed by atoms with Crippen LogP contribution < -0.4 is 15.4 Å². The molecule has 3 nitrogen and oxygen atoms in total. The van der Waals surface area contributed by atoms with Gasteiger partial charge in [0.25, 0.3) is 0 Å². The van der Waals surface area contributed by atoms with Crippen LogP contribution in [0.3, 0.4) is 0 Å². The maximum Gasteiger partial charge on any atom is 0.175 e. The van der Waals surface area contributed by atoms with E-state index < -0.39 is 0 Å². The average Bonchev–Trinajstić information content (AvgIpc) is 2.62. The van der Waals surface area contributed by atoms with E-state index in [-0.39, 0.29) is 0 Å². The molecule has 0 saturated heterocycles. The molecule has 0 unspecified atom stereocenters. The predicted octanol–water partition coefficient (Wildman–Crippen LogP) is 5.90. The smallest absolute Gasteiger partial charge is 0.175 e. The summed E-state index contributed by atoms with van der Waals surface area (Å²) in [5.74, 6) is 1.50. The number of benzene rings is 3. The lowest BCUT2D eigenvalue weighted by molar-refractivity contribution is 0.485. The molecule has 3 rings (SSSR count). The van der Waals surface area contributed by atoms with Crippen molar-refractivity contribution < 1.29 is 4.74 Å². The number of nitrogens with one attached hydrogen (secondary N) is 2. The van der Waals surface area contributed by atoms with Crippen LogP contribution in [0.4, 0.5) is 11.4 Å². The minimum Gasteiger partial charge on any atom is -0.455 e. The Morgan fingerprint density at radius 2 is 1.40 bits per heavy atom. The van der Waals surface area contributed by atoms with Crippen LogP contribution in [0, 0.1) is 13.8 Å². The SMILES string of the molecule is Cc1cccc(NC(=S)Nc2ccccc2Oc2ccccc2)c1C. The van der Waals surface area contributed by atoms with Gasteiger partial charge in [-0.1, -0.05) is 42.5 Å². The Balaban J connectivity index is 1.74. The second-order valence-corrected chi connectivity index (χ2v) is 6.15. The number of anilines is 2. The summed E-state index contributed by atoms with van der Waals surface area (Å²) in [4.78, 5) is 0. The summed E-state index contributed by atoms with van der Waals surface area (Å²) >= 11 is 5.47. The van der Waals surface area contributed by atoms with E-state index in [0.717, 1.165) is 22.9 Å². The molecule has 0 atom stereocenters. The molecule has 126 valence electrons. The van der Waals surface area contributed by atoms with Crippen LogP contribution in [0.5, 0.6) is 11.5 Å². The Bertz CT molecular complexity index is 878. The molecule has 4 heteroatoms. The van der Waals surface area contributed by atoms with Crippen molar-refractivity contribution >= 4 is 28.7 Å². The number of thiocarbonyl (C=S) groups is 1. The van der Waals surface area contributed by atoms with Crippen LogP contribution in [-0.4, -0.2) is 5.11 Å². The molecule has 3 aromatic carbocycles. The van der Waals surface area contributed by atoms with Crippen LogP contribution in [-0.2, 0) is 0 Å². The summed E-state index contributed by atoms with van der Waals surface area (Å²) in [7, 11) is 0. The highest BCUT2D eigenvalue weighted by Crippen LogP contribution is 2.29. The fraction of sp³-hybridized carbons (Fsp3) is 0.0952. The Labute approximate surface area is 153 Å². The highest BCUT2D eigenvalue weighted by atomic mass is 32.1. The van der Waals surface area contributed by atoms with Crippen LogP contribution in [0.1, 0.15) is 11.1 Å². The Morgan fingerprint density at radius 1 is 0.760 bits per heavy atom. The number of rotatable bonds is 4. The van der Waals surface area contributed by atoms with Gasteiger partial charge in [-0.2, -0.15) is 0 Å². The average molecular weight is 348 g/mol. The van der Waals surface area contributed by atoms with Crippen molar-refractivity contribution in [2.75, 3.05) is 10.6 Å². The lowest BCUT2D eigenvalue weighted by atomic mass is 10.1. The quantitative estimate of drug-likeness (QED) is 0.575. The van der Waals surface area contributed by atoms with Gasteiger partial charge in [0.1, 0.15) is 5.75 Å². The third kappa shape index (κ3) is 4.37. The molecule has 0 aliphatic heterocycles. The van der Waals surface area contributed by atoms with Gasteiger partial charge in [-0.3, -0.25) is 0 Å². The lowest BCUT2D eigenvalue weighted by Gasteiger charge is -2.16. The van der Waals surface area contributed by atoms with E-state index in [1.807, 2.05) is 66.7 Å². The van der Waals surface area contributed by atoms with Gasteiger partial charge in [0, 0.05) is 5.69 Å². The molecule has 3 aromatic rings. The Kier molecular flexibility index (Phi) is 5.31. The summed E-state index contributed by atoms with van der Waals surface area (Å²) in [6.07, 6.45) is 0. The first-order valence-corrected chi connectivity index (χ1v) is 8.50. The van der Waals surface area contributed by atoms with E-state index in [1.165, 1.54) is 11.1 Å². The molecule has 0 fully saturated rings. The normalized spacial score (nSPS) is 10.2. The van der Waals surface area contributed by atoms with Crippen molar-refractivity contribution in [3.63, 3.8) is 0 Å². The second kappa shape index (κ2) is 7.81. The Morgan fingerprint density at radius 3 is 2.20 bits per heavy atom. The van der Waals surface area contributed by atoms with Crippen LogP contribution >= 0.6 is 12.2 Å². The van der Waals surface area contributed by atoms with Crippen molar-refractivity contribution in [3.05, 3.63) is 83.9 Å². The first-order chi connectivity index (χ1) is 12.1. The summed E-state index contributed by atoms with van der Waals surface area (Å²) in [6, 6.07) is 23.5. The van der Waals surface area contributed by atoms with E-state index in [1.54, 1.807) is 0 Å². The molecule has 0 radical (unpaired) electrons. The van der Waals surface area contributed by atoms with Crippen molar-refractivity contribution in [2.24, 2.45) is 0 Å². The van der Waals surface area contributed by atoms with E-state index in [2.05, 4.69) is 30.5 Å². The van der Waals surface area contributed by atoms with Crippen LogP contribution in [0.15, 0.2) is 72.8 Å². The molecule has 0 aromatic heterocycles. The zero-order chi connectivity index (χ0) is 17.6. The minimum absolute atomic E-state index is 0.526. The van der Waals surface area contributed by atoms with Crippen LogP contribution in [0.2, 0.25) is 0 Å². The fourth-order valence-electron chi connectivity index (χ4n) is 2.44. The fourth-order valence-corrected chi connectivity index (χ4v) is 2.66. The molecular formula is C21H20N2OS. The standard InChI is InChI=1S/C21H20N2OS/c1-15-9-8-13-18(16(15)2)22-21(25)23-19-12-6-7-14-20(19)24-17-10-4-3-5-11-17/h3-14H,1-2H3,(H2,22,23,25). The van der Waals surface area contributed by atoms with Crippen LogP contribution in [0.25, 0.3) is 0 Å². The van der Waals surface area contributed by atoms with E-state index in [4.69, 9.17) is 17.0 Å². The molecule has 0 bridgehead atoms. The first-order valence-electron chi connectivity index (χ1n) is 8.09. The lowest BCUT2D eigenvalue weighted by Crippen LogP contribution is -2.20. The summed E-state index contributed by atoms with van der Waals surface area (Å²) in [5, 5.41) is 7.00. The van der Waals surface area contributed by atoms with Gasteiger partial charge >= 0.3 is 0 Å². The molecule has 0 heterocycles. The highest BCUT2D eigenvalue weighted by Gasteiger charge is 2.08. The largest absolute Gasteiger partial charge is 0.455 e. The summed E-state index contributed by atoms with van der Waals surface area (Å²) in [6.45, 7) is 4.16. The van der Waals surface area contributed by atoms with Gasteiger partial charge in [0.15, 0.2) is 10.9 Å². The predicted molar refractivity (Wildman–Crippen MR) is 109 cm³/mol. The van der Waals surface area contributed by atoms with Crippen molar-refractivity contribution in [1.82, 2.24) is 0 Å². The van der Waals surface area contributed by atoms with E-state index in [0.29, 0.717) is 5.11 Å². The number of aryl methyl sites for hydroxylation is 1. The molecule has 2 N–H and O–H groups in total. The van der Waals surface area contributed by atoms with Gasteiger partial charge < -0.3 is 15.4 Å². The molecule has 0 spiro atoms. The maximum absolute atomic E-state index is 5.95. The van der Waals surface area contributed by atoms with E-state index >= 15 is 0 Å². The molecule has 0 aliphatic carbocycles. The minimum atomic E-state index is 0.526. The Hall–Kier alpha value is -2.85. The topological polar surface area (TPSA) is 33.3 Å². The number of hydrogen-bond donors (Lipinski definition) is 2. The number of hydrogen-bond acceptors (Lipinski definition) is 2. The van der Waals surface area contributed by atoms with Crippen molar-refractivity contribution in [1.29, 1.82) is 0 Å². The molecular weight excluding hydrogens is 328 g/mol. The van der Waals surface area contributed by atoms with E-state index in [9.17, 15) is 0 Å². The zero-order valence-corrected chi connectivity index (χ0v) is 15.1. The molecule has 25 heavy (non-hydrogen) atoms. The second-order valence-electron chi connectivity index (χ2n) is 5.74. The molecule has 0 saturated carbocycles. The van der Waals surface area contributed by atoms with Gasteiger partial charge in [-0.25, -0.2) is 0 Å². The van der Waals surface area contributed by atoms with Gasteiger partial charge in [0.2, 0.25) is 0 Å². The third-order valence-corrected chi connectivity index (χ3v) is 4.16. The number of ether oxygens (including phenoxy) is 1.